The lowest BCUT2D eigenvalue weighted by molar-refractivity contribution is -0.385. The van der Waals surface area contributed by atoms with Crippen molar-refractivity contribution in [1.82, 2.24) is 5.32 Å². The number of nitro groups is 1. The minimum Gasteiger partial charge on any atom is -0.351 e. The number of carbonyl (C=O) groups is 1. The summed E-state index contributed by atoms with van der Waals surface area (Å²) in [5.74, 6) is -1.31. The van der Waals surface area contributed by atoms with Crippen molar-refractivity contribution in [2.45, 2.75) is 12.2 Å². The fourth-order valence-electron chi connectivity index (χ4n) is 1.26. The van der Waals surface area contributed by atoms with E-state index in [1.54, 1.807) is 11.8 Å². The van der Waals surface area contributed by atoms with Crippen LogP contribution in [0.2, 0.25) is 0 Å². The summed E-state index contributed by atoms with van der Waals surface area (Å²) in [6.45, 7) is 2.28. The van der Waals surface area contributed by atoms with Gasteiger partial charge in [-0.1, -0.05) is 6.92 Å². The van der Waals surface area contributed by atoms with E-state index in [4.69, 9.17) is 0 Å². The molecule has 0 saturated carbocycles. The summed E-state index contributed by atoms with van der Waals surface area (Å²) in [6, 6.07) is 2.82. The Morgan fingerprint density at radius 1 is 1.61 bits per heavy atom. The van der Waals surface area contributed by atoms with Gasteiger partial charge in [0.25, 0.3) is 11.6 Å². The Labute approximate surface area is 108 Å². The molecule has 1 aromatic rings. The lowest BCUT2D eigenvalue weighted by atomic mass is 10.1. The highest BCUT2D eigenvalue weighted by Gasteiger charge is 2.20. The number of hydrogen-bond donors (Lipinski definition) is 1. The first kappa shape index (κ1) is 14.4. The van der Waals surface area contributed by atoms with Gasteiger partial charge >= 0.3 is 0 Å². The number of nitrogens with one attached hydrogen (secondary N) is 1. The normalized spacial score (nSPS) is 11.9. The summed E-state index contributed by atoms with van der Waals surface area (Å²) >= 11 is 1.55. The minimum atomic E-state index is -0.702. The van der Waals surface area contributed by atoms with Crippen LogP contribution in [0.1, 0.15) is 17.3 Å². The predicted octanol–water partition coefficient (Wildman–Crippen LogP) is 2.22. The Balaban J connectivity index is 2.90. The monoisotopic (exact) mass is 272 g/mol. The van der Waals surface area contributed by atoms with Crippen molar-refractivity contribution in [3.63, 3.8) is 0 Å². The maximum Gasteiger partial charge on any atom is 0.282 e. The van der Waals surface area contributed by atoms with Crippen molar-refractivity contribution in [3.05, 3.63) is 39.7 Å². The second kappa shape index (κ2) is 6.34. The minimum absolute atomic E-state index is 0.182. The smallest absolute Gasteiger partial charge is 0.282 e. The SMILES string of the molecule is CSC(C)CNC(=O)c1cc(F)ccc1[N+](=O)[O-]. The van der Waals surface area contributed by atoms with Crippen LogP contribution >= 0.6 is 11.8 Å². The molecule has 0 fully saturated rings. The summed E-state index contributed by atoms with van der Waals surface area (Å²) in [5.41, 5.74) is -0.654. The van der Waals surface area contributed by atoms with Crippen molar-refractivity contribution < 1.29 is 14.1 Å². The zero-order valence-corrected chi connectivity index (χ0v) is 10.8. The van der Waals surface area contributed by atoms with Gasteiger partial charge in [0, 0.05) is 17.9 Å². The van der Waals surface area contributed by atoms with Crippen molar-refractivity contribution in [2.24, 2.45) is 0 Å². The molecule has 0 saturated heterocycles. The van der Waals surface area contributed by atoms with Crippen LogP contribution in [0.4, 0.5) is 10.1 Å². The summed E-state index contributed by atoms with van der Waals surface area (Å²) in [7, 11) is 0. The second-order valence-electron chi connectivity index (χ2n) is 3.67. The summed E-state index contributed by atoms with van der Waals surface area (Å²) < 4.78 is 13.0. The highest BCUT2D eigenvalue weighted by atomic mass is 32.2. The molecule has 98 valence electrons. The third-order valence-electron chi connectivity index (χ3n) is 2.35. The van der Waals surface area contributed by atoms with Gasteiger partial charge in [0.05, 0.1) is 4.92 Å². The number of halogens is 1. The fourth-order valence-corrected chi connectivity index (χ4v) is 1.51. The number of hydrogen-bond acceptors (Lipinski definition) is 4. The Bertz CT molecular complexity index is 468. The summed E-state index contributed by atoms with van der Waals surface area (Å²) in [6.07, 6.45) is 1.89. The number of amides is 1. The van der Waals surface area contributed by atoms with Crippen LogP contribution in [0, 0.1) is 15.9 Å². The van der Waals surface area contributed by atoms with Crippen molar-refractivity contribution in [3.8, 4) is 0 Å². The molecular weight excluding hydrogens is 259 g/mol. The maximum absolute atomic E-state index is 13.0. The van der Waals surface area contributed by atoms with Gasteiger partial charge in [-0.25, -0.2) is 4.39 Å². The van der Waals surface area contributed by atoms with E-state index in [9.17, 15) is 19.3 Å². The van der Waals surface area contributed by atoms with Gasteiger partial charge in [0.15, 0.2) is 0 Å². The number of nitrogens with zero attached hydrogens (tertiary/aromatic N) is 1. The largest absolute Gasteiger partial charge is 0.351 e. The van der Waals surface area contributed by atoms with Gasteiger partial charge in [-0.05, 0) is 18.4 Å². The van der Waals surface area contributed by atoms with E-state index in [-0.39, 0.29) is 10.8 Å². The molecule has 0 radical (unpaired) electrons. The van der Waals surface area contributed by atoms with Gasteiger partial charge in [0.1, 0.15) is 11.4 Å². The van der Waals surface area contributed by atoms with Crippen molar-refractivity contribution in [2.75, 3.05) is 12.8 Å². The van der Waals surface area contributed by atoms with E-state index in [2.05, 4.69) is 5.32 Å². The Hall–Kier alpha value is -1.63. The van der Waals surface area contributed by atoms with Crippen LogP contribution < -0.4 is 5.32 Å². The van der Waals surface area contributed by atoms with Crippen LogP contribution in [0.3, 0.4) is 0 Å². The molecule has 1 N–H and O–H groups in total. The average Bonchev–Trinajstić information content (AvgIpc) is 2.34. The van der Waals surface area contributed by atoms with Crippen LogP contribution in [0.25, 0.3) is 0 Å². The molecule has 0 aromatic heterocycles. The molecule has 0 aliphatic carbocycles. The maximum atomic E-state index is 13.0. The van der Waals surface area contributed by atoms with Gasteiger partial charge in [-0.2, -0.15) is 11.8 Å². The lowest BCUT2D eigenvalue weighted by Crippen LogP contribution is -2.29. The van der Waals surface area contributed by atoms with Gasteiger partial charge < -0.3 is 5.32 Å². The van der Waals surface area contributed by atoms with Gasteiger partial charge in [-0.15, -0.1) is 0 Å². The van der Waals surface area contributed by atoms with E-state index >= 15 is 0 Å². The topological polar surface area (TPSA) is 72.2 Å². The molecule has 0 aliphatic rings. The highest BCUT2D eigenvalue weighted by molar-refractivity contribution is 7.99. The molecule has 0 aliphatic heterocycles. The Morgan fingerprint density at radius 2 is 2.28 bits per heavy atom. The molecular formula is C11H13FN2O3S. The Morgan fingerprint density at radius 3 is 2.83 bits per heavy atom. The number of rotatable bonds is 5. The first-order valence-electron chi connectivity index (χ1n) is 5.20. The first-order chi connectivity index (χ1) is 8.45. The van der Waals surface area contributed by atoms with Crippen molar-refractivity contribution in [1.29, 1.82) is 0 Å². The number of benzene rings is 1. The molecule has 7 heteroatoms. The van der Waals surface area contributed by atoms with Crippen molar-refractivity contribution >= 4 is 23.4 Å². The number of nitro benzene ring substituents is 1. The van der Waals surface area contributed by atoms with E-state index in [1.807, 2.05) is 13.2 Å². The van der Waals surface area contributed by atoms with E-state index in [1.165, 1.54) is 0 Å². The van der Waals surface area contributed by atoms with Gasteiger partial charge in [-0.3, -0.25) is 14.9 Å². The molecule has 1 rings (SSSR count). The molecule has 18 heavy (non-hydrogen) atoms. The zero-order chi connectivity index (χ0) is 13.7. The standard InChI is InChI=1S/C11H13FN2O3S/c1-7(18-2)6-13-11(15)9-5-8(12)3-4-10(9)14(16)17/h3-5,7H,6H2,1-2H3,(H,13,15). The number of thioether (sulfide) groups is 1. The molecule has 5 nitrogen and oxygen atoms in total. The molecule has 1 unspecified atom stereocenters. The quantitative estimate of drug-likeness (QED) is 0.659. The van der Waals surface area contributed by atoms with E-state index < -0.39 is 22.3 Å². The molecule has 1 atom stereocenters. The van der Waals surface area contributed by atoms with Crippen LogP contribution in [-0.2, 0) is 0 Å². The molecule has 0 spiro atoms. The van der Waals surface area contributed by atoms with E-state index in [0.29, 0.717) is 6.54 Å². The summed E-state index contributed by atoms with van der Waals surface area (Å²) in [4.78, 5) is 21.8. The lowest BCUT2D eigenvalue weighted by Gasteiger charge is -2.10. The zero-order valence-electron chi connectivity index (χ0n) is 9.97. The third-order valence-corrected chi connectivity index (χ3v) is 3.32. The van der Waals surface area contributed by atoms with E-state index in [0.717, 1.165) is 18.2 Å². The van der Waals surface area contributed by atoms with Crippen LogP contribution in [0.15, 0.2) is 18.2 Å². The number of carbonyl (C=O) groups excluding carboxylic acids is 1. The molecule has 1 aromatic carbocycles. The molecule has 0 bridgehead atoms. The van der Waals surface area contributed by atoms with Crippen LogP contribution in [-0.4, -0.2) is 28.9 Å². The fraction of sp³-hybridized carbons (Fsp3) is 0.364. The first-order valence-corrected chi connectivity index (χ1v) is 6.49. The Kier molecular flexibility index (Phi) is 5.08. The molecule has 0 heterocycles. The third kappa shape index (κ3) is 3.69. The van der Waals surface area contributed by atoms with Gasteiger partial charge in [0.2, 0.25) is 0 Å². The highest BCUT2D eigenvalue weighted by Crippen LogP contribution is 2.19. The molecule has 1 amide bonds. The predicted molar refractivity (Wildman–Crippen MR) is 68.4 cm³/mol. The average molecular weight is 272 g/mol. The van der Waals surface area contributed by atoms with Crippen LogP contribution in [0.5, 0.6) is 0 Å². The second-order valence-corrected chi connectivity index (χ2v) is 4.95. The summed E-state index contributed by atoms with van der Waals surface area (Å²) in [5, 5.41) is 13.5.